The van der Waals surface area contributed by atoms with Crippen LogP contribution in [0.2, 0.25) is 0 Å². The maximum Gasteiger partial charge on any atom is 0.251 e. The molecule has 0 fully saturated rings. The summed E-state index contributed by atoms with van der Waals surface area (Å²) in [5, 5.41) is 5.52. The van der Waals surface area contributed by atoms with E-state index in [0.29, 0.717) is 22.7 Å². The third-order valence-corrected chi connectivity index (χ3v) is 3.69. The quantitative estimate of drug-likeness (QED) is 0.811. The first-order valence-electron chi connectivity index (χ1n) is 7.91. The van der Waals surface area contributed by atoms with E-state index in [9.17, 15) is 9.59 Å². The van der Waals surface area contributed by atoms with Crippen LogP contribution in [0.1, 0.15) is 22.3 Å². The van der Waals surface area contributed by atoms with Gasteiger partial charge in [0.1, 0.15) is 0 Å². The van der Waals surface area contributed by atoms with Crippen LogP contribution < -0.4 is 20.1 Å². The highest BCUT2D eigenvalue weighted by Gasteiger charge is 2.10. The maximum absolute atomic E-state index is 12.1. The van der Waals surface area contributed by atoms with Gasteiger partial charge in [-0.3, -0.25) is 9.59 Å². The Labute approximate surface area is 147 Å². The number of nitrogens with one attached hydrogen (secondary N) is 2. The number of benzene rings is 2. The highest BCUT2D eigenvalue weighted by molar-refractivity contribution is 5.96. The van der Waals surface area contributed by atoms with Crippen molar-refractivity contribution in [2.24, 2.45) is 0 Å². The number of hydrogen-bond acceptors (Lipinski definition) is 4. The van der Waals surface area contributed by atoms with Crippen LogP contribution in [0.3, 0.4) is 0 Å². The Morgan fingerprint density at radius 3 is 2.40 bits per heavy atom. The van der Waals surface area contributed by atoms with Crippen LogP contribution in [0, 0.1) is 6.92 Å². The number of rotatable bonds is 7. The minimum absolute atomic E-state index is 0.173. The second kappa shape index (κ2) is 8.73. The number of aryl methyl sites for hydroxylation is 1. The Balaban J connectivity index is 1.85. The van der Waals surface area contributed by atoms with Gasteiger partial charge in [-0.25, -0.2) is 0 Å². The van der Waals surface area contributed by atoms with Crippen molar-refractivity contribution in [3.05, 3.63) is 53.6 Å². The van der Waals surface area contributed by atoms with Crippen molar-refractivity contribution >= 4 is 17.5 Å². The zero-order chi connectivity index (χ0) is 18.2. The zero-order valence-corrected chi connectivity index (χ0v) is 14.6. The summed E-state index contributed by atoms with van der Waals surface area (Å²) < 4.78 is 10.4. The van der Waals surface area contributed by atoms with Crippen LogP contribution in [0.25, 0.3) is 0 Å². The molecule has 0 saturated heterocycles. The molecule has 0 bridgehead atoms. The minimum atomic E-state index is -0.197. The van der Waals surface area contributed by atoms with Crippen molar-refractivity contribution < 1.29 is 19.1 Å². The Hall–Kier alpha value is -3.02. The molecule has 0 aromatic heterocycles. The second-order valence-corrected chi connectivity index (χ2v) is 5.44. The number of carbonyl (C=O) groups is 2. The number of hydrogen-bond donors (Lipinski definition) is 2. The SMILES string of the molecule is COc1ccc(NC(=O)CCNC(=O)c2ccccc2C)cc1OC. The highest BCUT2D eigenvalue weighted by atomic mass is 16.5. The van der Waals surface area contributed by atoms with Crippen LogP contribution in [-0.2, 0) is 4.79 Å². The Bertz CT molecular complexity index is 759. The molecule has 0 heterocycles. The summed E-state index contributed by atoms with van der Waals surface area (Å²) >= 11 is 0. The first kappa shape index (κ1) is 18.3. The summed E-state index contributed by atoms with van der Waals surface area (Å²) in [6.45, 7) is 2.13. The molecule has 2 amide bonds. The average Bonchev–Trinajstić information content (AvgIpc) is 2.61. The number of amides is 2. The predicted molar refractivity (Wildman–Crippen MR) is 96.3 cm³/mol. The lowest BCUT2D eigenvalue weighted by molar-refractivity contribution is -0.116. The molecule has 0 aliphatic carbocycles. The molecular formula is C19H22N2O4. The summed E-state index contributed by atoms with van der Waals surface area (Å²) in [5.74, 6) is 0.744. The highest BCUT2D eigenvalue weighted by Crippen LogP contribution is 2.29. The molecule has 2 aromatic carbocycles. The van der Waals surface area contributed by atoms with Crippen molar-refractivity contribution in [1.29, 1.82) is 0 Å². The van der Waals surface area contributed by atoms with Gasteiger partial charge in [-0.2, -0.15) is 0 Å². The summed E-state index contributed by atoms with van der Waals surface area (Å²) in [4.78, 5) is 24.1. The summed E-state index contributed by atoms with van der Waals surface area (Å²) in [5.41, 5.74) is 2.12. The third kappa shape index (κ3) is 4.97. The topological polar surface area (TPSA) is 76.7 Å². The van der Waals surface area contributed by atoms with Gasteiger partial charge in [0.05, 0.1) is 14.2 Å². The fourth-order valence-corrected chi connectivity index (χ4v) is 2.35. The first-order chi connectivity index (χ1) is 12.0. The predicted octanol–water partition coefficient (Wildman–Crippen LogP) is 2.77. The van der Waals surface area contributed by atoms with E-state index in [4.69, 9.17) is 9.47 Å². The molecule has 25 heavy (non-hydrogen) atoms. The summed E-state index contributed by atoms with van der Waals surface area (Å²) in [6.07, 6.45) is 0.173. The zero-order valence-electron chi connectivity index (χ0n) is 14.6. The van der Waals surface area contributed by atoms with Gasteiger partial charge in [0.2, 0.25) is 5.91 Å². The normalized spacial score (nSPS) is 10.0. The molecule has 0 aliphatic rings. The van der Waals surface area contributed by atoms with Crippen molar-refractivity contribution in [3.8, 4) is 11.5 Å². The molecule has 0 aliphatic heterocycles. The van der Waals surface area contributed by atoms with Crippen LogP contribution in [0.15, 0.2) is 42.5 Å². The van der Waals surface area contributed by atoms with Crippen LogP contribution in [0.5, 0.6) is 11.5 Å². The van der Waals surface area contributed by atoms with Crippen molar-refractivity contribution in [1.82, 2.24) is 5.32 Å². The molecule has 0 radical (unpaired) electrons. The van der Waals surface area contributed by atoms with Gasteiger partial charge in [0.15, 0.2) is 11.5 Å². The van der Waals surface area contributed by atoms with Gasteiger partial charge in [-0.1, -0.05) is 18.2 Å². The average molecular weight is 342 g/mol. The van der Waals surface area contributed by atoms with Gasteiger partial charge in [0, 0.05) is 30.3 Å². The molecule has 2 N–H and O–H groups in total. The van der Waals surface area contributed by atoms with Crippen LogP contribution in [0.4, 0.5) is 5.69 Å². The Morgan fingerprint density at radius 1 is 1.00 bits per heavy atom. The van der Waals surface area contributed by atoms with E-state index in [1.165, 1.54) is 7.11 Å². The van der Waals surface area contributed by atoms with Gasteiger partial charge in [-0.15, -0.1) is 0 Å². The van der Waals surface area contributed by atoms with Gasteiger partial charge in [-0.05, 0) is 30.7 Å². The fourth-order valence-electron chi connectivity index (χ4n) is 2.35. The Kier molecular flexibility index (Phi) is 6.39. The molecule has 2 aromatic rings. The van der Waals surface area contributed by atoms with E-state index in [2.05, 4.69) is 10.6 Å². The molecule has 2 rings (SSSR count). The molecule has 0 spiro atoms. The van der Waals surface area contributed by atoms with Gasteiger partial charge < -0.3 is 20.1 Å². The number of anilines is 1. The van der Waals surface area contributed by atoms with Crippen molar-refractivity contribution in [2.75, 3.05) is 26.1 Å². The summed E-state index contributed by atoms with van der Waals surface area (Å²) in [7, 11) is 3.08. The van der Waals surface area contributed by atoms with E-state index < -0.39 is 0 Å². The molecule has 0 unspecified atom stereocenters. The third-order valence-electron chi connectivity index (χ3n) is 3.69. The Morgan fingerprint density at radius 2 is 1.72 bits per heavy atom. The molecule has 0 atom stereocenters. The number of carbonyl (C=O) groups excluding carboxylic acids is 2. The monoisotopic (exact) mass is 342 g/mol. The van der Waals surface area contributed by atoms with Crippen LogP contribution >= 0.6 is 0 Å². The largest absolute Gasteiger partial charge is 0.493 e. The van der Waals surface area contributed by atoms with E-state index in [1.807, 2.05) is 25.1 Å². The van der Waals surface area contributed by atoms with Crippen molar-refractivity contribution in [3.63, 3.8) is 0 Å². The summed E-state index contributed by atoms with van der Waals surface area (Å²) in [6, 6.07) is 12.4. The van der Waals surface area contributed by atoms with Gasteiger partial charge in [0.25, 0.3) is 5.91 Å². The lowest BCUT2D eigenvalue weighted by Crippen LogP contribution is -2.28. The second-order valence-electron chi connectivity index (χ2n) is 5.44. The standard InChI is InChI=1S/C19H22N2O4/c1-13-6-4-5-7-15(13)19(23)20-11-10-18(22)21-14-8-9-16(24-2)17(12-14)25-3/h4-9,12H,10-11H2,1-3H3,(H,20,23)(H,21,22). The van der Waals surface area contributed by atoms with E-state index in [1.54, 1.807) is 31.4 Å². The molecule has 0 saturated carbocycles. The lowest BCUT2D eigenvalue weighted by Gasteiger charge is -2.11. The van der Waals surface area contributed by atoms with E-state index >= 15 is 0 Å². The smallest absolute Gasteiger partial charge is 0.251 e. The number of methoxy groups -OCH3 is 2. The maximum atomic E-state index is 12.1. The van der Waals surface area contributed by atoms with Gasteiger partial charge >= 0.3 is 0 Å². The molecular weight excluding hydrogens is 320 g/mol. The first-order valence-corrected chi connectivity index (χ1v) is 7.91. The molecule has 6 nitrogen and oxygen atoms in total. The molecule has 6 heteroatoms. The molecule has 132 valence electrons. The number of ether oxygens (including phenoxy) is 2. The lowest BCUT2D eigenvalue weighted by atomic mass is 10.1. The van der Waals surface area contributed by atoms with Crippen molar-refractivity contribution in [2.45, 2.75) is 13.3 Å². The van der Waals surface area contributed by atoms with E-state index in [0.717, 1.165) is 5.56 Å². The van der Waals surface area contributed by atoms with Crippen LogP contribution in [-0.4, -0.2) is 32.6 Å². The van der Waals surface area contributed by atoms with E-state index in [-0.39, 0.29) is 24.8 Å². The fraction of sp³-hybridized carbons (Fsp3) is 0.263. The minimum Gasteiger partial charge on any atom is -0.493 e.